The van der Waals surface area contributed by atoms with Gasteiger partial charge in [0.15, 0.2) is 5.82 Å². The molecule has 2 heterocycles. The molecule has 3 N–H and O–H groups in total. The lowest BCUT2D eigenvalue weighted by atomic mass is 10.2. The summed E-state index contributed by atoms with van der Waals surface area (Å²) in [6, 6.07) is 0. The van der Waals surface area contributed by atoms with E-state index >= 15 is 0 Å². The number of hydrogen-bond acceptors (Lipinski definition) is 6. The van der Waals surface area contributed by atoms with Crippen molar-refractivity contribution in [3.8, 4) is 0 Å². The highest BCUT2D eigenvalue weighted by Gasteiger charge is 2.15. The third-order valence-corrected chi connectivity index (χ3v) is 4.39. The van der Waals surface area contributed by atoms with Crippen LogP contribution >= 0.6 is 0 Å². The molecule has 0 saturated heterocycles. The molecule has 0 atom stereocenters. The molecule has 23 heavy (non-hydrogen) atoms. The number of nitrogens with two attached hydrogens (primary N) is 1. The summed E-state index contributed by atoms with van der Waals surface area (Å²) >= 11 is 0. The smallest absolute Gasteiger partial charge is 0.208 e. The van der Waals surface area contributed by atoms with E-state index in [1.165, 1.54) is 0 Å². The maximum atomic E-state index is 10.9. The number of imidazole rings is 1. The van der Waals surface area contributed by atoms with E-state index in [4.69, 9.17) is 10.5 Å². The summed E-state index contributed by atoms with van der Waals surface area (Å²) in [7, 11) is -3.17. The molecule has 2 aromatic heterocycles. The van der Waals surface area contributed by atoms with E-state index in [2.05, 4.69) is 19.3 Å². The molecule has 9 heteroatoms. The van der Waals surface area contributed by atoms with Gasteiger partial charge >= 0.3 is 0 Å². The zero-order valence-corrected chi connectivity index (χ0v) is 14.7. The Morgan fingerprint density at radius 3 is 2.57 bits per heavy atom. The van der Waals surface area contributed by atoms with E-state index in [1.54, 1.807) is 0 Å². The van der Waals surface area contributed by atoms with Crippen molar-refractivity contribution in [2.45, 2.75) is 27.3 Å². The molecule has 0 aliphatic rings. The third-order valence-electron chi connectivity index (χ3n) is 3.66. The number of nitrogens with one attached hydrogen (secondary N) is 1. The van der Waals surface area contributed by atoms with Gasteiger partial charge in [-0.25, -0.2) is 23.1 Å². The number of pyridine rings is 1. The van der Waals surface area contributed by atoms with Crippen molar-refractivity contribution in [1.29, 1.82) is 0 Å². The van der Waals surface area contributed by atoms with Crippen LogP contribution in [0, 0.1) is 20.8 Å². The minimum Gasteiger partial charge on any atom is -0.382 e. The van der Waals surface area contributed by atoms with Crippen LogP contribution in [0.2, 0.25) is 0 Å². The van der Waals surface area contributed by atoms with Gasteiger partial charge in [0.05, 0.1) is 25.0 Å². The van der Waals surface area contributed by atoms with E-state index < -0.39 is 10.0 Å². The molecule has 0 radical (unpaired) electrons. The van der Waals surface area contributed by atoms with Gasteiger partial charge in [0.2, 0.25) is 10.0 Å². The quantitative estimate of drug-likeness (QED) is 0.710. The second-order valence-electron chi connectivity index (χ2n) is 5.49. The number of nitrogens with zero attached hydrogens (tertiary/aromatic N) is 3. The van der Waals surface area contributed by atoms with Gasteiger partial charge in [0, 0.05) is 18.8 Å². The SMILES string of the molecule is Cc1nc(N)c2nc(C)n(CCOCCNS(C)(=O)=O)c2c1C. The van der Waals surface area contributed by atoms with E-state index in [1.807, 2.05) is 20.8 Å². The van der Waals surface area contributed by atoms with Gasteiger partial charge in [-0.1, -0.05) is 0 Å². The number of fused-ring (bicyclic) bond motifs is 1. The zero-order chi connectivity index (χ0) is 17.2. The molecule has 0 spiro atoms. The third kappa shape index (κ3) is 4.18. The molecule has 0 amide bonds. The number of rotatable bonds is 7. The minimum absolute atomic E-state index is 0.261. The standard InChI is InChI=1S/C14H23N5O3S/c1-9-10(2)17-14(15)12-13(9)19(11(3)18-12)6-8-22-7-5-16-23(4,20)21/h16H,5-8H2,1-4H3,(H2,15,17). The van der Waals surface area contributed by atoms with E-state index in [0.29, 0.717) is 31.1 Å². The van der Waals surface area contributed by atoms with Crippen LogP contribution in [0.1, 0.15) is 17.1 Å². The van der Waals surface area contributed by atoms with Gasteiger partial charge in [-0.3, -0.25) is 0 Å². The molecule has 8 nitrogen and oxygen atoms in total. The van der Waals surface area contributed by atoms with Crippen LogP contribution < -0.4 is 10.5 Å². The molecule has 0 aliphatic carbocycles. The Morgan fingerprint density at radius 2 is 1.91 bits per heavy atom. The Balaban J connectivity index is 2.05. The molecule has 128 valence electrons. The average molecular weight is 341 g/mol. The average Bonchev–Trinajstić information content (AvgIpc) is 2.77. The first-order valence-corrected chi connectivity index (χ1v) is 9.21. The highest BCUT2D eigenvalue weighted by molar-refractivity contribution is 7.88. The van der Waals surface area contributed by atoms with Crippen LogP contribution in [0.15, 0.2) is 0 Å². The van der Waals surface area contributed by atoms with Crippen molar-refractivity contribution < 1.29 is 13.2 Å². The minimum atomic E-state index is -3.17. The molecule has 0 aromatic carbocycles. The lowest BCUT2D eigenvalue weighted by Gasteiger charge is -2.11. The number of sulfonamides is 1. The normalized spacial score (nSPS) is 12.2. The van der Waals surface area contributed by atoms with E-state index in [0.717, 1.165) is 28.9 Å². The number of anilines is 1. The van der Waals surface area contributed by atoms with Crippen molar-refractivity contribution in [3.63, 3.8) is 0 Å². The van der Waals surface area contributed by atoms with Crippen molar-refractivity contribution in [1.82, 2.24) is 19.3 Å². The summed E-state index contributed by atoms with van der Waals surface area (Å²) in [4.78, 5) is 8.80. The Labute approximate surface area is 136 Å². The predicted molar refractivity (Wildman–Crippen MR) is 89.8 cm³/mol. The van der Waals surface area contributed by atoms with Crippen LogP contribution in [-0.2, 0) is 21.3 Å². The molecule has 2 rings (SSSR count). The fraction of sp³-hybridized carbons (Fsp3) is 0.571. The highest BCUT2D eigenvalue weighted by atomic mass is 32.2. The van der Waals surface area contributed by atoms with Crippen LogP contribution in [0.5, 0.6) is 0 Å². The first-order valence-electron chi connectivity index (χ1n) is 7.32. The first-order chi connectivity index (χ1) is 10.7. The number of aryl methyl sites for hydroxylation is 3. The van der Waals surface area contributed by atoms with Crippen LogP contribution in [-0.4, -0.2) is 49.0 Å². The zero-order valence-electron chi connectivity index (χ0n) is 13.9. The summed E-state index contributed by atoms with van der Waals surface area (Å²) in [5, 5.41) is 0. The summed E-state index contributed by atoms with van der Waals surface area (Å²) < 4.78 is 31.8. The summed E-state index contributed by atoms with van der Waals surface area (Å²) in [6.45, 7) is 7.49. The molecule has 0 fully saturated rings. The Kier molecular flexibility index (Phi) is 5.23. The summed E-state index contributed by atoms with van der Waals surface area (Å²) in [5.74, 6) is 1.28. The number of aromatic nitrogens is 3. The molecule has 0 bridgehead atoms. The van der Waals surface area contributed by atoms with E-state index in [9.17, 15) is 8.42 Å². The van der Waals surface area contributed by atoms with Crippen LogP contribution in [0.3, 0.4) is 0 Å². The Hall–Kier alpha value is -1.71. The van der Waals surface area contributed by atoms with Gasteiger partial charge in [-0.15, -0.1) is 0 Å². The molecule has 0 unspecified atom stereocenters. The number of hydrogen-bond donors (Lipinski definition) is 2. The van der Waals surface area contributed by atoms with Crippen molar-refractivity contribution in [2.24, 2.45) is 0 Å². The highest BCUT2D eigenvalue weighted by Crippen LogP contribution is 2.25. The Morgan fingerprint density at radius 1 is 1.22 bits per heavy atom. The van der Waals surface area contributed by atoms with Crippen molar-refractivity contribution >= 4 is 26.9 Å². The summed E-state index contributed by atoms with van der Waals surface area (Å²) in [6.07, 6.45) is 1.12. The molecule has 0 saturated carbocycles. The van der Waals surface area contributed by atoms with E-state index in [-0.39, 0.29) is 6.54 Å². The molecule has 2 aromatic rings. The molecular weight excluding hydrogens is 318 g/mol. The lowest BCUT2D eigenvalue weighted by Crippen LogP contribution is -2.26. The van der Waals surface area contributed by atoms with Crippen LogP contribution in [0.25, 0.3) is 11.0 Å². The largest absolute Gasteiger partial charge is 0.382 e. The lowest BCUT2D eigenvalue weighted by molar-refractivity contribution is 0.131. The number of nitrogen functional groups attached to an aromatic ring is 1. The van der Waals surface area contributed by atoms with Gasteiger partial charge in [-0.2, -0.15) is 0 Å². The number of ether oxygens (including phenoxy) is 1. The van der Waals surface area contributed by atoms with Crippen LogP contribution in [0.4, 0.5) is 5.82 Å². The van der Waals surface area contributed by atoms with Gasteiger partial charge < -0.3 is 15.0 Å². The molecular formula is C14H23N5O3S. The predicted octanol–water partition coefficient (Wildman–Crippen LogP) is 0.505. The van der Waals surface area contributed by atoms with Crippen molar-refractivity contribution in [2.75, 3.05) is 31.7 Å². The molecule has 0 aliphatic heterocycles. The summed E-state index contributed by atoms with van der Waals surface area (Å²) in [5.41, 5.74) is 9.58. The van der Waals surface area contributed by atoms with Gasteiger partial charge in [0.25, 0.3) is 0 Å². The fourth-order valence-electron chi connectivity index (χ4n) is 2.44. The Bertz CT molecular complexity index is 814. The maximum absolute atomic E-state index is 10.9. The van der Waals surface area contributed by atoms with Gasteiger partial charge in [0.1, 0.15) is 11.3 Å². The van der Waals surface area contributed by atoms with Gasteiger partial charge in [-0.05, 0) is 26.3 Å². The van der Waals surface area contributed by atoms with Crippen molar-refractivity contribution in [3.05, 3.63) is 17.1 Å². The monoisotopic (exact) mass is 341 g/mol. The second-order valence-corrected chi connectivity index (χ2v) is 7.33. The second kappa shape index (κ2) is 6.81. The fourth-order valence-corrected chi connectivity index (χ4v) is 2.90. The topological polar surface area (TPSA) is 112 Å². The maximum Gasteiger partial charge on any atom is 0.208 e. The first kappa shape index (κ1) is 17.6.